The number of carbonyl (C=O) groups is 1. The van der Waals surface area contributed by atoms with Crippen molar-refractivity contribution < 1.29 is 4.79 Å². The Morgan fingerprint density at radius 2 is 2.07 bits per heavy atom. The van der Waals surface area contributed by atoms with E-state index in [-0.39, 0.29) is 5.91 Å². The van der Waals surface area contributed by atoms with E-state index in [0.717, 1.165) is 49.1 Å². The Balaban J connectivity index is 1.45. The number of benzene rings is 1. The van der Waals surface area contributed by atoms with Crippen LogP contribution in [0.3, 0.4) is 0 Å². The zero-order valence-corrected chi connectivity index (χ0v) is 16.2. The maximum atomic E-state index is 11.7. The molecule has 0 radical (unpaired) electrons. The summed E-state index contributed by atoms with van der Waals surface area (Å²) in [6.07, 6.45) is 6.89. The smallest absolute Gasteiger partial charge is 0.225 e. The normalized spacial score (nSPS) is 14.8. The van der Waals surface area contributed by atoms with Crippen LogP contribution in [0.25, 0.3) is 16.6 Å². The van der Waals surface area contributed by atoms with Gasteiger partial charge in [-0.15, -0.1) is 0 Å². The molecule has 0 saturated heterocycles. The van der Waals surface area contributed by atoms with Crippen molar-refractivity contribution in [1.29, 1.82) is 0 Å². The van der Waals surface area contributed by atoms with Crippen molar-refractivity contribution in [3.05, 3.63) is 65.9 Å². The van der Waals surface area contributed by atoms with Gasteiger partial charge >= 0.3 is 0 Å². The third-order valence-corrected chi connectivity index (χ3v) is 5.31. The SMILES string of the molecule is CCC(=O)Nc1ccc2[nH]cc(C3=CCN(CCc4ccccc4)CC3)c2n1. The number of carbonyl (C=O) groups excluding carboxylic acids is 1. The molecular weight excluding hydrogens is 348 g/mol. The Bertz CT molecular complexity index is 990. The lowest BCUT2D eigenvalue weighted by atomic mass is 10.0. The number of fused-ring (bicyclic) bond motifs is 1. The van der Waals surface area contributed by atoms with Gasteiger partial charge in [0.05, 0.1) is 11.0 Å². The van der Waals surface area contributed by atoms with E-state index in [0.29, 0.717) is 12.2 Å². The van der Waals surface area contributed by atoms with Crippen LogP contribution < -0.4 is 5.32 Å². The molecule has 5 heteroatoms. The zero-order valence-electron chi connectivity index (χ0n) is 16.2. The predicted octanol–water partition coefficient (Wildman–Crippen LogP) is 4.24. The minimum Gasteiger partial charge on any atom is -0.359 e. The number of amides is 1. The summed E-state index contributed by atoms with van der Waals surface area (Å²) >= 11 is 0. The molecule has 0 unspecified atom stereocenters. The molecule has 0 aliphatic carbocycles. The molecule has 0 bridgehead atoms. The number of H-pyrrole nitrogens is 1. The Morgan fingerprint density at radius 1 is 1.21 bits per heavy atom. The van der Waals surface area contributed by atoms with Gasteiger partial charge in [0.25, 0.3) is 0 Å². The molecule has 2 aromatic heterocycles. The number of nitrogens with one attached hydrogen (secondary N) is 2. The lowest BCUT2D eigenvalue weighted by Gasteiger charge is -2.26. The van der Waals surface area contributed by atoms with Crippen molar-refractivity contribution in [1.82, 2.24) is 14.9 Å². The monoisotopic (exact) mass is 374 g/mol. The number of rotatable bonds is 6. The van der Waals surface area contributed by atoms with Crippen molar-refractivity contribution >= 4 is 28.3 Å². The minimum atomic E-state index is -0.0186. The molecule has 1 aromatic carbocycles. The van der Waals surface area contributed by atoms with Gasteiger partial charge in [0.2, 0.25) is 5.91 Å². The molecule has 4 rings (SSSR count). The average Bonchev–Trinajstić information content (AvgIpc) is 3.16. The van der Waals surface area contributed by atoms with Gasteiger partial charge in [0.15, 0.2) is 0 Å². The van der Waals surface area contributed by atoms with E-state index in [1.807, 2.05) is 25.3 Å². The van der Waals surface area contributed by atoms with Gasteiger partial charge in [-0.3, -0.25) is 9.69 Å². The first-order valence-electron chi connectivity index (χ1n) is 9.96. The predicted molar refractivity (Wildman–Crippen MR) is 114 cm³/mol. The summed E-state index contributed by atoms with van der Waals surface area (Å²) in [6, 6.07) is 14.5. The highest BCUT2D eigenvalue weighted by Gasteiger charge is 2.16. The molecule has 1 aliphatic rings. The molecule has 3 heterocycles. The van der Waals surface area contributed by atoms with Crippen molar-refractivity contribution in [2.45, 2.75) is 26.2 Å². The highest BCUT2D eigenvalue weighted by atomic mass is 16.1. The van der Waals surface area contributed by atoms with Crippen LogP contribution >= 0.6 is 0 Å². The van der Waals surface area contributed by atoms with Gasteiger partial charge in [-0.1, -0.05) is 43.3 Å². The number of aromatic nitrogens is 2. The Kier molecular flexibility index (Phi) is 5.53. The van der Waals surface area contributed by atoms with E-state index >= 15 is 0 Å². The molecule has 28 heavy (non-hydrogen) atoms. The molecule has 5 nitrogen and oxygen atoms in total. The van der Waals surface area contributed by atoms with Gasteiger partial charge in [-0.25, -0.2) is 4.98 Å². The summed E-state index contributed by atoms with van der Waals surface area (Å²) < 4.78 is 0. The summed E-state index contributed by atoms with van der Waals surface area (Å²) in [5.74, 6) is 0.593. The maximum absolute atomic E-state index is 11.7. The number of nitrogens with zero attached hydrogens (tertiary/aromatic N) is 2. The standard InChI is InChI=1S/C23H26N4O/c1-2-22(28)25-21-9-8-20-23(26-21)19(16-24-20)18-11-14-27(15-12-18)13-10-17-6-4-3-5-7-17/h3-9,11,16,24H,2,10,12-15H2,1H3,(H,25,26,28). The third-order valence-electron chi connectivity index (χ3n) is 5.31. The number of anilines is 1. The lowest BCUT2D eigenvalue weighted by Crippen LogP contribution is -2.30. The second-order valence-corrected chi connectivity index (χ2v) is 7.21. The van der Waals surface area contributed by atoms with Crippen LogP contribution in [-0.4, -0.2) is 40.4 Å². The molecule has 0 saturated carbocycles. The topological polar surface area (TPSA) is 61.0 Å². The lowest BCUT2D eigenvalue weighted by molar-refractivity contribution is -0.115. The van der Waals surface area contributed by atoms with Gasteiger partial charge < -0.3 is 10.3 Å². The summed E-state index contributed by atoms with van der Waals surface area (Å²) in [4.78, 5) is 22.1. The number of hydrogen-bond donors (Lipinski definition) is 2. The molecule has 3 aromatic rings. The number of pyridine rings is 1. The van der Waals surface area contributed by atoms with Gasteiger partial charge in [0.1, 0.15) is 5.82 Å². The van der Waals surface area contributed by atoms with E-state index in [1.165, 1.54) is 11.1 Å². The molecule has 2 N–H and O–H groups in total. The zero-order chi connectivity index (χ0) is 19.3. The van der Waals surface area contributed by atoms with Crippen molar-refractivity contribution in [2.24, 2.45) is 0 Å². The highest BCUT2D eigenvalue weighted by Crippen LogP contribution is 2.29. The molecule has 1 aliphatic heterocycles. The maximum Gasteiger partial charge on any atom is 0.225 e. The summed E-state index contributed by atoms with van der Waals surface area (Å²) in [5, 5.41) is 2.85. The van der Waals surface area contributed by atoms with Crippen molar-refractivity contribution in [2.75, 3.05) is 25.0 Å². The molecule has 0 atom stereocenters. The highest BCUT2D eigenvalue weighted by molar-refractivity contribution is 5.94. The van der Waals surface area contributed by atoms with Crippen LogP contribution in [0.1, 0.15) is 30.9 Å². The van der Waals surface area contributed by atoms with Crippen molar-refractivity contribution in [3.63, 3.8) is 0 Å². The largest absolute Gasteiger partial charge is 0.359 e. The second-order valence-electron chi connectivity index (χ2n) is 7.21. The van der Waals surface area contributed by atoms with E-state index < -0.39 is 0 Å². The quantitative estimate of drug-likeness (QED) is 0.678. The van der Waals surface area contributed by atoms with E-state index in [4.69, 9.17) is 0 Å². The van der Waals surface area contributed by atoms with E-state index in [9.17, 15) is 4.79 Å². The van der Waals surface area contributed by atoms with E-state index in [1.54, 1.807) is 0 Å². The Morgan fingerprint density at radius 3 is 2.82 bits per heavy atom. The summed E-state index contributed by atoms with van der Waals surface area (Å²) in [6.45, 7) is 4.93. The first kappa shape index (κ1) is 18.4. The van der Waals surface area contributed by atoms with Gasteiger partial charge in [0, 0.05) is 37.8 Å². The molecular formula is C23H26N4O. The first-order chi connectivity index (χ1) is 13.7. The third kappa shape index (κ3) is 4.15. The van der Waals surface area contributed by atoms with Crippen LogP contribution in [0, 0.1) is 0 Å². The summed E-state index contributed by atoms with van der Waals surface area (Å²) in [5.41, 5.74) is 5.79. The molecule has 0 spiro atoms. The second kappa shape index (κ2) is 8.40. The van der Waals surface area contributed by atoms with Gasteiger partial charge in [-0.2, -0.15) is 0 Å². The van der Waals surface area contributed by atoms with E-state index in [2.05, 4.69) is 56.6 Å². The average molecular weight is 374 g/mol. The molecule has 144 valence electrons. The fraction of sp³-hybridized carbons (Fsp3) is 0.304. The number of aromatic amines is 1. The van der Waals surface area contributed by atoms with Crippen LogP contribution in [0.5, 0.6) is 0 Å². The van der Waals surface area contributed by atoms with Crippen molar-refractivity contribution in [3.8, 4) is 0 Å². The summed E-state index contributed by atoms with van der Waals surface area (Å²) in [7, 11) is 0. The fourth-order valence-electron chi connectivity index (χ4n) is 3.64. The van der Waals surface area contributed by atoms with Gasteiger partial charge in [-0.05, 0) is 36.1 Å². The minimum absolute atomic E-state index is 0.0186. The van der Waals surface area contributed by atoms with Crippen LogP contribution in [-0.2, 0) is 11.2 Å². The number of hydrogen-bond acceptors (Lipinski definition) is 3. The Labute approximate surface area is 165 Å². The van der Waals surface area contributed by atoms with Crippen LogP contribution in [0.2, 0.25) is 0 Å². The first-order valence-corrected chi connectivity index (χ1v) is 9.96. The molecule has 0 fully saturated rings. The van der Waals surface area contributed by atoms with Crippen LogP contribution in [0.15, 0.2) is 54.7 Å². The Hall–Kier alpha value is -2.92. The van der Waals surface area contributed by atoms with Crippen LogP contribution in [0.4, 0.5) is 5.82 Å². The molecule has 1 amide bonds. The fourth-order valence-corrected chi connectivity index (χ4v) is 3.64.